The Labute approximate surface area is 194 Å². The average Bonchev–Trinajstić information content (AvgIpc) is 3.08. The monoisotopic (exact) mass is 496 g/mol. The first-order valence-electron chi connectivity index (χ1n) is 10.5. The number of benzene rings is 2. The van der Waals surface area contributed by atoms with Crippen LogP contribution in [-0.2, 0) is 7.05 Å². The highest BCUT2D eigenvalue weighted by Crippen LogP contribution is 2.29. The van der Waals surface area contributed by atoms with Gasteiger partial charge in [-0.05, 0) is 48.4 Å². The first-order chi connectivity index (χ1) is 15.6. The molecule has 0 bridgehead atoms. The maximum atomic E-state index is 5.82. The number of aryl methyl sites for hydroxylation is 1. The first-order valence-corrected chi connectivity index (χ1v) is 11.3. The number of hydrazone groups is 1. The molecule has 2 aromatic heterocycles. The van der Waals surface area contributed by atoms with E-state index in [2.05, 4.69) is 48.6 Å². The van der Waals surface area contributed by atoms with Crippen molar-refractivity contribution in [2.24, 2.45) is 12.1 Å². The number of nitrogens with one attached hydrogen (secondary N) is 1. The molecular weight excluding hydrogens is 472 g/mol. The zero-order chi connectivity index (χ0) is 22.5. The van der Waals surface area contributed by atoms with Crippen LogP contribution in [0.3, 0.4) is 0 Å². The number of aromatic nitrogens is 4. The quantitative estimate of drug-likeness (QED) is 0.192. The number of anilines is 1. The van der Waals surface area contributed by atoms with Crippen LogP contribution in [0.4, 0.5) is 5.95 Å². The number of hydrogen-bond donors (Lipinski definition) is 1. The van der Waals surface area contributed by atoms with Gasteiger partial charge in [-0.3, -0.25) is 0 Å². The van der Waals surface area contributed by atoms with Gasteiger partial charge >= 0.3 is 0 Å². The Morgan fingerprint density at radius 3 is 2.81 bits per heavy atom. The summed E-state index contributed by atoms with van der Waals surface area (Å²) in [5.74, 6) is 1.72. The molecule has 166 valence electrons. The van der Waals surface area contributed by atoms with Crippen LogP contribution in [0.25, 0.3) is 22.1 Å². The third kappa shape index (κ3) is 4.67. The molecule has 1 N–H and O–H groups in total. The summed E-state index contributed by atoms with van der Waals surface area (Å²) in [5, 5.41) is 13.8. The summed E-state index contributed by atoms with van der Waals surface area (Å²) in [6, 6.07) is 11.7. The Bertz CT molecular complexity index is 1270. The van der Waals surface area contributed by atoms with Crippen molar-refractivity contribution in [1.29, 1.82) is 0 Å². The van der Waals surface area contributed by atoms with Crippen molar-refractivity contribution < 1.29 is 9.47 Å². The van der Waals surface area contributed by atoms with E-state index in [1.54, 1.807) is 13.3 Å². The number of fused-ring (bicyclic) bond motifs is 3. The Hall–Kier alpha value is -3.20. The SMILES string of the molecule is CCCCCOc1ccc(/C=N/Nc2nnc3c4cc(Br)ccc4n(C)c3n2)cc1OC. The highest BCUT2D eigenvalue weighted by Gasteiger charge is 2.13. The molecule has 0 unspecified atom stereocenters. The second kappa shape index (κ2) is 9.95. The number of hydrogen-bond acceptors (Lipinski definition) is 7. The third-order valence-electron chi connectivity index (χ3n) is 5.13. The second-order valence-corrected chi connectivity index (χ2v) is 8.28. The molecule has 0 aliphatic carbocycles. The second-order valence-electron chi connectivity index (χ2n) is 7.36. The van der Waals surface area contributed by atoms with E-state index < -0.39 is 0 Å². The van der Waals surface area contributed by atoms with Gasteiger partial charge in [-0.2, -0.15) is 10.1 Å². The normalized spacial score (nSPS) is 11.5. The number of methoxy groups -OCH3 is 1. The van der Waals surface area contributed by atoms with Gasteiger partial charge < -0.3 is 14.0 Å². The molecule has 0 radical (unpaired) electrons. The minimum atomic E-state index is 0.321. The molecule has 4 aromatic rings. The molecule has 4 rings (SSSR count). The highest BCUT2D eigenvalue weighted by molar-refractivity contribution is 9.10. The van der Waals surface area contributed by atoms with Crippen molar-refractivity contribution in [2.45, 2.75) is 26.2 Å². The predicted molar refractivity (Wildman–Crippen MR) is 131 cm³/mol. The summed E-state index contributed by atoms with van der Waals surface area (Å²) >= 11 is 3.51. The zero-order valence-corrected chi connectivity index (χ0v) is 19.9. The lowest BCUT2D eigenvalue weighted by atomic mass is 10.2. The Morgan fingerprint density at radius 2 is 2.00 bits per heavy atom. The lowest BCUT2D eigenvalue weighted by Gasteiger charge is -2.11. The van der Waals surface area contributed by atoms with E-state index in [1.165, 1.54) is 0 Å². The fraction of sp³-hybridized carbons (Fsp3) is 0.304. The fourth-order valence-electron chi connectivity index (χ4n) is 3.46. The van der Waals surface area contributed by atoms with Crippen molar-refractivity contribution in [1.82, 2.24) is 19.7 Å². The summed E-state index contributed by atoms with van der Waals surface area (Å²) < 4.78 is 14.3. The Morgan fingerprint density at radius 1 is 1.12 bits per heavy atom. The topological polar surface area (TPSA) is 86.5 Å². The van der Waals surface area contributed by atoms with Gasteiger partial charge in [0.1, 0.15) is 5.52 Å². The van der Waals surface area contributed by atoms with E-state index in [0.29, 0.717) is 18.3 Å². The van der Waals surface area contributed by atoms with Gasteiger partial charge in [0, 0.05) is 16.9 Å². The van der Waals surface area contributed by atoms with Crippen LogP contribution in [0, 0.1) is 0 Å². The van der Waals surface area contributed by atoms with Crippen LogP contribution in [0.2, 0.25) is 0 Å². The number of ether oxygens (including phenoxy) is 2. The minimum absolute atomic E-state index is 0.321. The highest BCUT2D eigenvalue weighted by atomic mass is 79.9. The molecule has 0 aliphatic rings. The van der Waals surface area contributed by atoms with Crippen molar-refractivity contribution >= 4 is 50.2 Å². The summed E-state index contributed by atoms with van der Waals surface area (Å²) in [6.07, 6.45) is 5.01. The van der Waals surface area contributed by atoms with Gasteiger partial charge in [0.2, 0.25) is 0 Å². The van der Waals surface area contributed by atoms with Gasteiger partial charge in [0.25, 0.3) is 5.95 Å². The van der Waals surface area contributed by atoms with E-state index in [9.17, 15) is 0 Å². The van der Waals surface area contributed by atoms with Crippen LogP contribution in [0.15, 0.2) is 46.0 Å². The lowest BCUT2D eigenvalue weighted by Crippen LogP contribution is -2.01. The van der Waals surface area contributed by atoms with Crippen molar-refractivity contribution in [3.8, 4) is 11.5 Å². The molecule has 0 saturated carbocycles. The first kappa shape index (κ1) is 22.0. The Balaban J connectivity index is 1.48. The molecular formula is C23H25BrN6O2. The Kier molecular flexibility index (Phi) is 6.84. The average molecular weight is 497 g/mol. The lowest BCUT2D eigenvalue weighted by molar-refractivity contribution is 0.286. The van der Waals surface area contributed by atoms with E-state index in [4.69, 9.17) is 9.47 Å². The van der Waals surface area contributed by atoms with Crippen LogP contribution in [-0.4, -0.2) is 39.7 Å². The van der Waals surface area contributed by atoms with E-state index in [1.807, 2.05) is 48.0 Å². The van der Waals surface area contributed by atoms with Crippen molar-refractivity contribution in [3.63, 3.8) is 0 Å². The van der Waals surface area contributed by atoms with E-state index in [-0.39, 0.29) is 0 Å². The summed E-state index contributed by atoms with van der Waals surface area (Å²) in [7, 11) is 3.59. The third-order valence-corrected chi connectivity index (χ3v) is 5.63. The maximum Gasteiger partial charge on any atom is 0.265 e. The van der Waals surface area contributed by atoms with E-state index >= 15 is 0 Å². The molecule has 2 aromatic carbocycles. The van der Waals surface area contributed by atoms with Crippen LogP contribution >= 0.6 is 15.9 Å². The molecule has 2 heterocycles. The number of halogens is 1. The summed E-state index contributed by atoms with van der Waals surface area (Å²) in [6.45, 7) is 2.85. The predicted octanol–water partition coefficient (Wildman–Crippen LogP) is 5.30. The summed E-state index contributed by atoms with van der Waals surface area (Å²) in [5.41, 5.74) is 6.24. The van der Waals surface area contributed by atoms with Crippen LogP contribution < -0.4 is 14.9 Å². The molecule has 8 nitrogen and oxygen atoms in total. The minimum Gasteiger partial charge on any atom is -0.493 e. The molecule has 9 heteroatoms. The maximum absolute atomic E-state index is 5.82. The molecule has 32 heavy (non-hydrogen) atoms. The van der Waals surface area contributed by atoms with Crippen LogP contribution in [0.5, 0.6) is 11.5 Å². The number of nitrogens with zero attached hydrogens (tertiary/aromatic N) is 5. The zero-order valence-electron chi connectivity index (χ0n) is 18.3. The molecule has 0 atom stereocenters. The van der Waals surface area contributed by atoms with Gasteiger partial charge in [0.05, 0.1) is 25.4 Å². The van der Waals surface area contributed by atoms with Gasteiger partial charge in [-0.1, -0.05) is 35.7 Å². The molecule has 0 spiro atoms. The molecule has 0 saturated heterocycles. The molecule has 0 aliphatic heterocycles. The largest absolute Gasteiger partial charge is 0.493 e. The van der Waals surface area contributed by atoms with Crippen molar-refractivity contribution in [2.75, 3.05) is 19.1 Å². The van der Waals surface area contributed by atoms with Crippen LogP contribution in [0.1, 0.15) is 31.7 Å². The fourth-order valence-corrected chi connectivity index (χ4v) is 3.82. The number of rotatable bonds is 9. The van der Waals surface area contributed by atoms with Gasteiger partial charge in [-0.15, -0.1) is 10.2 Å². The molecule has 0 fully saturated rings. The van der Waals surface area contributed by atoms with Crippen molar-refractivity contribution in [3.05, 3.63) is 46.4 Å². The molecule has 0 amide bonds. The van der Waals surface area contributed by atoms with Gasteiger partial charge in [0.15, 0.2) is 17.1 Å². The van der Waals surface area contributed by atoms with E-state index in [0.717, 1.165) is 57.1 Å². The number of unbranched alkanes of at least 4 members (excludes halogenated alkanes) is 2. The smallest absolute Gasteiger partial charge is 0.265 e. The van der Waals surface area contributed by atoms with Gasteiger partial charge in [-0.25, -0.2) is 5.43 Å². The summed E-state index contributed by atoms with van der Waals surface area (Å²) in [4.78, 5) is 4.57. The standard InChI is InChI=1S/C23H25BrN6O2/c1-4-5-6-11-32-19-10-7-15(12-20(19)31-3)14-25-28-23-26-22-21(27-29-23)17-13-16(24)8-9-18(17)30(22)2/h7-10,12-14H,4-6,11H2,1-3H3,(H,26,28,29)/b25-14+.